The highest BCUT2D eigenvalue weighted by molar-refractivity contribution is 5.76. The first-order valence-electron chi connectivity index (χ1n) is 32.1. The molecule has 82 heavy (non-hydrogen) atoms. The van der Waals surface area contributed by atoms with Gasteiger partial charge in [0.2, 0.25) is 5.91 Å². The lowest BCUT2D eigenvalue weighted by Crippen LogP contribution is -2.65. The van der Waals surface area contributed by atoms with Crippen LogP contribution < -0.4 is 5.32 Å². The van der Waals surface area contributed by atoms with Crippen LogP contribution in [0.25, 0.3) is 0 Å². The van der Waals surface area contributed by atoms with Gasteiger partial charge in [-0.1, -0.05) is 226 Å². The summed E-state index contributed by atoms with van der Waals surface area (Å²) in [5.41, 5.74) is 0. The number of allylic oxidation sites excluding steroid dienone is 17. The Labute approximate surface area is 495 Å². The van der Waals surface area contributed by atoms with Crippen molar-refractivity contribution in [2.24, 2.45) is 0 Å². The summed E-state index contributed by atoms with van der Waals surface area (Å²) in [5, 5.41) is 87.2. The van der Waals surface area contributed by atoms with Crippen LogP contribution in [0, 0.1) is 0 Å². The van der Waals surface area contributed by atoms with E-state index in [-0.39, 0.29) is 18.9 Å². The molecule has 0 bridgehead atoms. The predicted molar refractivity (Wildman–Crippen MR) is 332 cm³/mol. The second-order valence-electron chi connectivity index (χ2n) is 22.1. The normalized spacial score (nSPS) is 24.7. The number of nitrogens with one attached hydrogen (secondary N) is 1. The van der Waals surface area contributed by atoms with Gasteiger partial charge in [-0.2, -0.15) is 0 Å². The van der Waals surface area contributed by atoms with Crippen LogP contribution >= 0.6 is 0 Å². The summed E-state index contributed by atoms with van der Waals surface area (Å²) in [6.45, 7) is 2.64. The predicted octanol–water partition coefficient (Wildman–Crippen LogP) is 12.0. The van der Waals surface area contributed by atoms with Gasteiger partial charge in [0.05, 0.1) is 32.0 Å². The summed E-state index contributed by atoms with van der Waals surface area (Å²) in [4.78, 5) is 13.3. The molecule has 2 rings (SSSR count). The Morgan fingerprint density at radius 3 is 1.34 bits per heavy atom. The number of hydrogen-bond donors (Lipinski definition) is 9. The van der Waals surface area contributed by atoms with Crippen molar-refractivity contribution in [3.63, 3.8) is 0 Å². The van der Waals surface area contributed by atoms with E-state index in [0.717, 1.165) is 89.9 Å². The first-order chi connectivity index (χ1) is 40.1. The average molecular weight is 1150 g/mol. The zero-order valence-corrected chi connectivity index (χ0v) is 50.7. The number of carbonyl (C=O) groups excluding carboxylic acids is 1. The number of hydrogen-bond acceptors (Lipinski definition) is 13. The monoisotopic (exact) mass is 1150 g/mol. The molecule has 2 fully saturated rings. The molecule has 0 radical (unpaired) electrons. The lowest BCUT2D eigenvalue weighted by molar-refractivity contribution is -0.359. The Morgan fingerprint density at radius 1 is 0.451 bits per heavy atom. The zero-order valence-electron chi connectivity index (χ0n) is 50.7. The Balaban J connectivity index is 1.71. The minimum Gasteiger partial charge on any atom is -0.394 e. The lowest BCUT2D eigenvalue weighted by atomic mass is 9.97. The van der Waals surface area contributed by atoms with Crippen molar-refractivity contribution in [3.05, 3.63) is 109 Å². The summed E-state index contributed by atoms with van der Waals surface area (Å²) in [7, 11) is 0. The highest BCUT2D eigenvalue weighted by atomic mass is 16.7. The Kier molecular flexibility index (Phi) is 47.4. The van der Waals surface area contributed by atoms with E-state index < -0.39 is 86.8 Å². The zero-order chi connectivity index (χ0) is 59.5. The van der Waals surface area contributed by atoms with Gasteiger partial charge in [0.1, 0.15) is 48.8 Å². The van der Waals surface area contributed by atoms with E-state index in [4.69, 9.17) is 18.9 Å². The molecule has 0 aliphatic carbocycles. The number of unbranched alkanes of at least 4 members (excludes halogenated alkanes) is 21. The molecule has 2 saturated heterocycles. The van der Waals surface area contributed by atoms with E-state index in [1.165, 1.54) is 96.3 Å². The van der Waals surface area contributed by atoms with Crippen molar-refractivity contribution >= 4 is 5.91 Å². The van der Waals surface area contributed by atoms with Crippen molar-refractivity contribution in [2.75, 3.05) is 19.8 Å². The van der Waals surface area contributed by atoms with Gasteiger partial charge in [-0.25, -0.2) is 0 Å². The molecule has 14 heteroatoms. The molecule has 0 aromatic heterocycles. The fourth-order valence-corrected chi connectivity index (χ4v) is 9.80. The third-order valence-electron chi connectivity index (χ3n) is 14.9. The van der Waals surface area contributed by atoms with E-state index >= 15 is 0 Å². The first kappa shape index (κ1) is 74.7. The van der Waals surface area contributed by atoms with Crippen molar-refractivity contribution in [1.82, 2.24) is 5.32 Å². The van der Waals surface area contributed by atoms with Crippen molar-refractivity contribution in [2.45, 2.75) is 293 Å². The number of aliphatic hydroxyl groups excluding tert-OH is 8. The minimum atomic E-state index is -1.80. The summed E-state index contributed by atoms with van der Waals surface area (Å²) in [6, 6.07) is -0.946. The molecule has 14 nitrogen and oxygen atoms in total. The molecular weight excluding hydrogens is 1040 g/mol. The Hall–Kier alpha value is -3.35. The third kappa shape index (κ3) is 36.5. The average Bonchev–Trinajstić information content (AvgIpc) is 3.52. The summed E-state index contributed by atoms with van der Waals surface area (Å²) < 4.78 is 22.8. The number of aliphatic hydroxyl groups is 8. The molecule has 2 heterocycles. The molecule has 12 unspecified atom stereocenters. The van der Waals surface area contributed by atoms with Crippen LogP contribution in [0.5, 0.6) is 0 Å². The molecule has 1 amide bonds. The SMILES string of the molecule is CC/C=C\C/C=C\C/C=C\C/C=C\C/C=C\C/C=C\CCCCCCCCCCCCCCC(=O)NC(COC1OC(CO)C(OC2OC(CO)C(O)C(O)C2O)C(O)C1O)C(O)/C=C/CC/C=C/CC/C=C/CCCCCCCCC. The second-order valence-corrected chi connectivity index (χ2v) is 22.1. The van der Waals surface area contributed by atoms with Crippen LogP contribution in [0.15, 0.2) is 109 Å². The maximum absolute atomic E-state index is 13.3. The quantitative estimate of drug-likeness (QED) is 0.0204. The van der Waals surface area contributed by atoms with E-state index in [0.29, 0.717) is 12.8 Å². The maximum Gasteiger partial charge on any atom is 0.220 e. The lowest BCUT2D eigenvalue weighted by Gasteiger charge is -2.46. The van der Waals surface area contributed by atoms with Crippen molar-refractivity contribution in [1.29, 1.82) is 0 Å². The molecule has 2 aliphatic rings. The molecule has 2 aliphatic heterocycles. The highest BCUT2D eigenvalue weighted by Gasteiger charge is 2.51. The Morgan fingerprint density at radius 2 is 0.854 bits per heavy atom. The van der Waals surface area contributed by atoms with Crippen LogP contribution in [0.1, 0.15) is 219 Å². The van der Waals surface area contributed by atoms with Gasteiger partial charge in [0.15, 0.2) is 12.6 Å². The number of ether oxygens (including phenoxy) is 4. The fraction of sp³-hybridized carbons (Fsp3) is 0.721. The van der Waals surface area contributed by atoms with Crippen LogP contribution in [-0.2, 0) is 23.7 Å². The minimum absolute atomic E-state index is 0.260. The Bertz CT molecular complexity index is 1790. The first-order valence-corrected chi connectivity index (χ1v) is 32.1. The number of carbonyl (C=O) groups is 1. The summed E-state index contributed by atoms with van der Waals surface area (Å²) >= 11 is 0. The highest BCUT2D eigenvalue weighted by Crippen LogP contribution is 2.30. The van der Waals surface area contributed by atoms with Gasteiger partial charge in [0, 0.05) is 6.42 Å². The van der Waals surface area contributed by atoms with E-state index in [2.05, 4.69) is 116 Å². The maximum atomic E-state index is 13.3. The second kappa shape index (κ2) is 52.0. The molecule has 0 spiro atoms. The van der Waals surface area contributed by atoms with Gasteiger partial charge in [-0.3, -0.25) is 4.79 Å². The van der Waals surface area contributed by atoms with Gasteiger partial charge in [-0.05, 0) is 96.3 Å². The number of amides is 1. The smallest absolute Gasteiger partial charge is 0.220 e. The molecule has 9 N–H and O–H groups in total. The van der Waals surface area contributed by atoms with E-state index in [1.807, 2.05) is 6.08 Å². The molecular formula is C68H115NO13. The van der Waals surface area contributed by atoms with Crippen LogP contribution in [0.2, 0.25) is 0 Å². The van der Waals surface area contributed by atoms with Gasteiger partial charge in [0.25, 0.3) is 0 Å². The van der Waals surface area contributed by atoms with Crippen LogP contribution in [0.4, 0.5) is 0 Å². The molecule has 470 valence electrons. The van der Waals surface area contributed by atoms with Gasteiger partial charge < -0.3 is 65.1 Å². The number of rotatable bonds is 50. The van der Waals surface area contributed by atoms with Crippen LogP contribution in [0.3, 0.4) is 0 Å². The van der Waals surface area contributed by atoms with Gasteiger partial charge in [-0.15, -0.1) is 0 Å². The van der Waals surface area contributed by atoms with Gasteiger partial charge >= 0.3 is 0 Å². The van der Waals surface area contributed by atoms with E-state index in [9.17, 15) is 45.6 Å². The molecule has 0 saturated carbocycles. The topological polar surface area (TPSA) is 228 Å². The largest absolute Gasteiger partial charge is 0.394 e. The van der Waals surface area contributed by atoms with E-state index in [1.54, 1.807) is 6.08 Å². The fourth-order valence-electron chi connectivity index (χ4n) is 9.80. The molecule has 12 atom stereocenters. The summed E-state index contributed by atoms with van der Waals surface area (Å²) in [6.07, 6.45) is 57.0. The standard InChI is InChI=1S/C68H115NO13/c1-3-5-7-9-11-13-15-17-19-21-22-23-24-25-26-27-28-29-30-31-32-33-34-36-38-40-42-44-46-48-50-52-60(73)69-56(57(72)51-49-47-45-43-41-39-37-35-20-18-16-14-12-10-8-6-4-2)55-79-67-65(78)63(76)66(59(54-71)81-67)82-68-64(77)62(75)61(74)58(53-70)80-68/h5,7,11,13,17,19-20,22-23,25-26,28-29,35,41,43,49,51,56-59,61-68,70-72,74-78H,3-4,6,8-10,12,14-16,18,21,24,27,30-34,36-40,42,44-48,50,52-55H2,1-2H3,(H,69,73)/b7-5-,13-11-,19-17-,23-22-,26-25-,29-28-,35-20+,43-41+,51-49+. The van der Waals surface area contributed by atoms with Crippen molar-refractivity contribution < 1.29 is 64.6 Å². The van der Waals surface area contributed by atoms with Crippen LogP contribution in [-0.4, -0.2) is 140 Å². The molecule has 0 aromatic rings. The summed E-state index contributed by atoms with van der Waals surface area (Å²) in [5.74, 6) is -0.260. The van der Waals surface area contributed by atoms with Crippen molar-refractivity contribution in [3.8, 4) is 0 Å². The third-order valence-corrected chi connectivity index (χ3v) is 14.9. The molecule has 0 aromatic carbocycles.